The van der Waals surface area contributed by atoms with Crippen LogP contribution in [-0.4, -0.2) is 30.2 Å². The third-order valence-corrected chi connectivity index (χ3v) is 5.47. The zero-order valence-corrected chi connectivity index (χ0v) is 32.8. The minimum absolute atomic E-state index is 0.0197. The first-order chi connectivity index (χ1) is 30.7. The molecule has 4 unspecified atom stereocenters. The van der Waals surface area contributed by atoms with Gasteiger partial charge in [0.05, 0.1) is 18.8 Å². The van der Waals surface area contributed by atoms with Gasteiger partial charge in [0.15, 0.2) is 0 Å². The van der Waals surface area contributed by atoms with E-state index >= 15 is 0 Å². The van der Waals surface area contributed by atoms with Gasteiger partial charge in [0.25, 0.3) is 0 Å². The molecule has 1 fully saturated rings. The number of aliphatic hydroxyl groups is 1. The van der Waals surface area contributed by atoms with Crippen LogP contribution >= 0.6 is 0 Å². The smallest absolute Gasteiger partial charge is 0.223 e. The van der Waals surface area contributed by atoms with Gasteiger partial charge < -0.3 is 14.6 Å². The summed E-state index contributed by atoms with van der Waals surface area (Å²) in [6.45, 7) is 4.26. The molecule has 272 valence electrons. The van der Waals surface area contributed by atoms with Crippen molar-refractivity contribution in [2.24, 2.45) is 5.92 Å². The summed E-state index contributed by atoms with van der Waals surface area (Å²) in [7, 11) is 0. The lowest BCUT2D eigenvalue weighted by molar-refractivity contribution is -0.213. The molecule has 1 aliphatic rings. The summed E-state index contributed by atoms with van der Waals surface area (Å²) in [5.74, 6) is 123. The Balaban J connectivity index is 2.39. The Hall–Kier alpha value is -11.1. The molecule has 0 spiro atoms. The summed E-state index contributed by atoms with van der Waals surface area (Å²) >= 11 is 0. The maximum atomic E-state index is 9.61. The maximum absolute atomic E-state index is 9.61. The molecule has 1 rings (SSSR count). The lowest BCUT2D eigenvalue weighted by atomic mass is 9.94. The van der Waals surface area contributed by atoms with Gasteiger partial charge in [-0.05, 0) is 120 Å². The predicted octanol–water partition coefficient (Wildman–Crippen LogP) is 1.24. The van der Waals surface area contributed by atoms with Gasteiger partial charge in [-0.25, -0.2) is 0 Å². The molecule has 4 atom stereocenters. The number of aliphatic hydroxyl groups excluding tert-OH is 1. The number of rotatable bonds is 3. The molecule has 1 heterocycles. The summed E-state index contributed by atoms with van der Waals surface area (Å²) in [5.41, 5.74) is 0. The molecule has 0 aromatic rings. The monoisotopic (exact) mass is 774 g/mol. The Morgan fingerprint density at radius 3 is 0.839 bits per heavy atom. The van der Waals surface area contributed by atoms with Crippen LogP contribution in [0.5, 0.6) is 0 Å². The summed E-state index contributed by atoms with van der Waals surface area (Å²) < 4.78 is 11.4. The lowest BCUT2D eigenvalue weighted by Gasteiger charge is -2.34. The quantitative estimate of drug-likeness (QED) is 0.440. The molecule has 3 nitrogen and oxygen atoms in total. The van der Waals surface area contributed by atoms with Gasteiger partial charge in [0.2, 0.25) is 6.29 Å². The van der Waals surface area contributed by atoms with E-state index in [2.05, 4.69) is 290 Å². The fraction of sp³-hybridized carbons (Fsp3) is 0.153. The van der Waals surface area contributed by atoms with Crippen molar-refractivity contribution in [3.05, 3.63) is 0 Å². The Morgan fingerprint density at radius 2 is 0.629 bits per heavy atom. The zero-order valence-electron chi connectivity index (χ0n) is 32.8. The van der Waals surface area contributed by atoms with E-state index in [0.717, 1.165) is 6.42 Å². The molecule has 0 amide bonds. The van der Waals surface area contributed by atoms with Crippen LogP contribution in [0, 0.1) is 302 Å². The van der Waals surface area contributed by atoms with Gasteiger partial charge in [-0.2, -0.15) is 0 Å². The summed E-state index contributed by atoms with van der Waals surface area (Å²) in [4.78, 5) is 0. The second-order valence-corrected chi connectivity index (χ2v) is 9.76. The van der Waals surface area contributed by atoms with Crippen LogP contribution in [0.4, 0.5) is 0 Å². The number of hydrogen-bond donors (Lipinski definition) is 1. The van der Waals surface area contributed by atoms with Crippen molar-refractivity contribution < 1.29 is 14.6 Å². The number of hydrogen-bond acceptors (Lipinski definition) is 3. The van der Waals surface area contributed by atoms with E-state index in [1.807, 2.05) is 6.92 Å². The lowest BCUT2D eigenvalue weighted by Crippen LogP contribution is -2.40. The van der Waals surface area contributed by atoms with Crippen LogP contribution in [0.15, 0.2) is 0 Å². The van der Waals surface area contributed by atoms with E-state index in [9.17, 15) is 5.11 Å². The topological polar surface area (TPSA) is 38.7 Å². The first-order valence-electron chi connectivity index (χ1n) is 17.1. The second-order valence-electron chi connectivity index (χ2n) is 9.76. The van der Waals surface area contributed by atoms with Crippen LogP contribution in [-0.2, 0) is 9.47 Å². The highest BCUT2D eigenvalue weighted by Crippen LogP contribution is 2.24. The minimum atomic E-state index is -0.651. The van der Waals surface area contributed by atoms with Crippen LogP contribution in [0.25, 0.3) is 0 Å². The minimum Gasteiger partial charge on any atom is -0.393 e. The van der Waals surface area contributed by atoms with Crippen LogP contribution in [0.2, 0.25) is 0 Å². The third kappa shape index (κ3) is 33.4. The van der Waals surface area contributed by atoms with Crippen LogP contribution in [0.3, 0.4) is 0 Å². The second kappa shape index (κ2) is 39.6. The first kappa shape index (κ1) is 48.9. The Labute approximate surface area is 367 Å². The average molecular weight is 775 g/mol. The Bertz CT molecular complexity index is 3440. The first-order valence-corrected chi connectivity index (χ1v) is 17.1. The summed E-state index contributed by atoms with van der Waals surface area (Å²) in [6.07, 6.45) is 5.29. The molecule has 1 aliphatic heterocycles. The number of ether oxygens (including phenoxy) is 2. The molecule has 0 saturated carbocycles. The molecule has 0 aliphatic carbocycles. The van der Waals surface area contributed by atoms with E-state index in [0.29, 0.717) is 13.0 Å². The fourth-order valence-corrected chi connectivity index (χ4v) is 3.33. The van der Waals surface area contributed by atoms with Crippen molar-refractivity contribution in [3.8, 4) is 297 Å². The molecule has 0 aromatic carbocycles. The van der Waals surface area contributed by atoms with Gasteiger partial charge in [0.1, 0.15) is 0 Å². The van der Waals surface area contributed by atoms with Crippen LogP contribution < -0.4 is 0 Å². The molecule has 3 heteroatoms. The van der Waals surface area contributed by atoms with Gasteiger partial charge in [-0.3, -0.25) is 0 Å². The molecule has 1 N–H and O–H groups in total. The molecular weight excluding hydrogens is 757 g/mol. The van der Waals surface area contributed by atoms with E-state index in [-0.39, 0.29) is 12.0 Å². The zero-order chi connectivity index (χ0) is 44.5. The Kier molecular flexibility index (Phi) is 31.2. The van der Waals surface area contributed by atoms with Gasteiger partial charge in [0, 0.05) is 195 Å². The van der Waals surface area contributed by atoms with Crippen molar-refractivity contribution in [3.63, 3.8) is 0 Å². The van der Waals surface area contributed by atoms with Gasteiger partial charge in [-0.15, -0.1) is 6.42 Å². The molecule has 1 saturated heterocycles. The molecule has 62 heavy (non-hydrogen) atoms. The third-order valence-electron chi connectivity index (χ3n) is 5.47. The maximum Gasteiger partial charge on any atom is 0.223 e. The van der Waals surface area contributed by atoms with Crippen molar-refractivity contribution in [1.82, 2.24) is 0 Å². The highest BCUT2D eigenvalue weighted by Gasteiger charge is 2.30. The average Bonchev–Trinajstić information content (AvgIpc) is 3.27. The molecule has 0 bridgehead atoms. The van der Waals surface area contributed by atoms with E-state index in [1.54, 1.807) is 6.92 Å². The highest BCUT2D eigenvalue weighted by molar-refractivity contribution is 5.51. The summed E-state index contributed by atoms with van der Waals surface area (Å²) in [6, 6.07) is 0. The SMILES string of the molecule is C#CC#CC#CC#CC#CC#CC#CC#CC#CC#CC#CC#CC#CC#CC#CC#CC#CC#CC#CC#CC#CC#CC#CC#CC#CC1OCC(CC(C)O)C(CC)O1. The van der Waals surface area contributed by atoms with Gasteiger partial charge >= 0.3 is 0 Å². The largest absolute Gasteiger partial charge is 0.393 e. The molecule has 0 aromatic heterocycles. The molecule has 0 radical (unpaired) electrons. The van der Waals surface area contributed by atoms with E-state index in [4.69, 9.17) is 15.9 Å². The standard InChI is InChI=1S/C59H18O3/c1-4-6-7-8-9-10-11-12-13-14-15-16-17-18-19-20-21-22-23-24-25-26-27-28-29-30-31-32-33-34-35-36-37-38-39-40-41-42-43-44-45-46-47-48-49-50-51-52-53-59-61-55-57(54-56(3)60)58(5-2)62-59/h1,56-60H,5,54-55H2,2-3H3. The molecular formula is C59H18O3. The van der Waals surface area contributed by atoms with Crippen molar-refractivity contribution in [2.45, 2.75) is 45.2 Å². The highest BCUT2D eigenvalue weighted by atomic mass is 16.7. The van der Waals surface area contributed by atoms with E-state index in [1.165, 1.54) is 0 Å². The normalized spacial score (nSPS) is 11.0. The van der Waals surface area contributed by atoms with Crippen molar-refractivity contribution in [1.29, 1.82) is 0 Å². The predicted molar refractivity (Wildman–Crippen MR) is 240 cm³/mol. The number of terminal acetylenes is 1. The van der Waals surface area contributed by atoms with Crippen molar-refractivity contribution in [2.75, 3.05) is 6.61 Å². The van der Waals surface area contributed by atoms with E-state index < -0.39 is 12.4 Å². The van der Waals surface area contributed by atoms with Crippen LogP contribution in [0.1, 0.15) is 26.7 Å². The Morgan fingerprint density at radius 1 is 0.403 bits per heavy atom. The van der Waals surface area contributed by atoms with Gasteiger partial charge in [-0.1, -0.05) is 6.92 Å². The summed E-state index contributed by atoms with van der Waals surface area (Å²) in [5, 5.41) is 9.61. The fourth-order valence-electron chi connectivity index (χ4n) is 3.33. The van der Waals surface area contributed by atoms with Crippen molar-refractivity contribution >= 4 is 0 Å².